The highest BCUT2D eigenvalue weighted by Crippen LogP contribution is 2.16. The van der Waals surface area contributed by atoms with Crippen LogP contribution < -0.4 is 5.32 Å². The fourth-order valence-electron chi connectivity index (χ4n) is 3.85. The Balaban J connectivity index is 1.32. The van der Waals surface area contributed by atoms with Gasteiger partial charge in [0.1, 0.15) is 0 Å². The molecule has 0 saturated carbocycles. The Hall–Kier alpha value is -3.15. The molecule has 1 aliphatic heterocycles. The Labute approximate surface area is 193 Å². The van der Waals surface area contributed by atoms with Crippen LogP contribution in [0.1, 0.15) is 32.7 Å². The molecule has 6 heteroatoms. The van der Waals surface area contributed by atoms with Crippen molar-refractivity contribution in [2.75, 3.05) is 31.5 Å². The number of halogens is 1. The molecule has 0 bridgehead atoms. The van der Waals surface area contributed by atoms with Crippen molar-refractivity contribution in [1.29, 1.82) is 0 Å². The summed E-state index contributed by atoms with van der Waals surface area (Å²) in [4.78, 5) is 29.6. The minimum Gasteiger partial charge on any atom is -0.337 e. The van der Waals surface area contributed by atoms with E-state index in [4.69, 9.17) is 11.6 Å². The summed E-state index contributed by atoms with van der Waals surface area (Å²) in [5.41, 5.74) is 3.12. The van der Waals surface area contributed by atoms with Gasteiger partial charge in [0.25, 0.3) is 11.8 Å². The summed E-state index contributed by atoms with van der Waals surface area (Å²) in [7, 11) is 0. The van der Waals surface area contributed by atoms with E-state index in [2.05, 4.69) is 10.2 Å². The van der Waals surface area contributed by atoms with Crippen molar-refractivity contribution >= 4 is 29.1 Å². The number of hydrogen-bond donors (Lipinski definition) is 1. The molecule has 1 heterocycles. The van der Waals surface area contributed by atoms with E-state index in [1.165, 1.54) is 5.56 Å². The van der Waals surface area contributed by atoms with Gasteiger partial charge >= 0.3 is 0 Å². The zero-order valence-electron chi connectivity index (χ0n) is 17.8. The van der Waals surface area contributed by atoms with E-state index in [0.29, 0.717) is 23.4 Å². The number of amides is 2. The highest BCUT2D eigenvalue weighted by atomic mass is 35.5. The Kier molecular flexibility index (Phi) is 7.20. The quantitative estimate of drug-likeness (QED) is 0.602. The van der Waals surface area contributed by atoms with Gasteiger partial charge in [-0.25, -0.2) is 0 Å². The predicted molar refractivity (Wildman–Crippen MR) is 128 cm³/mol. The lowest BCUT2D eigenvalue weighted by Crippen LogP contribution is -2.35. The van der Waals surface area contributed by atoms with Crippen LogP contribution in [0.2, 0.25) is 5.02 Å². The second kappa shape index (κ2) is 10.4. The van der Waals surface area contributed by atoms with Gasteiger partial charge in [-0.3, -0.25) is 14.5 Å². The first kappa shape index (κ1) is 22.1. The van der Waals surface area contributed by atoms with Gasteiger partial charge in [0.05, 0.1) is 0 Å². The third-order valence-electron chi connectivity index (χ3n) is 5.62. The Morgan fingerprint density at radius 3 is 2.22 bits per heavy atom. The maximum atomic E-state index is 13.0. The average molecular weight is 448 g/mol. The summed E-state index contributed by atoms with van der Waals surface area (Å²) >= 11 is 5.98. The minimum atomic E-state index is -0.169. The van der Waals surface area contributed by atoms with Gasteiger partial charge < -0.3 is 10.2 Å². The van der Waals surface area contributed by atoms with E-state index < -0.39 is 0 Å². The lowest BCUT2D eigenvalue weighted by atomic mass is 10.1. The SMILES string of the molecule is O=C(Nc1ccc(C(=O)N2CCCN(Cc3ccc(Cl)cc3)CC2)cc1)c1ccccc1. The molecule has 2 amide bonds. The molecule has 3 aromatic rings. The molecule has 1 N–H and O–H groups in total. The molecule has 4 rings (SSSR count). The highest BCUT2D eigenvalue weighted by molar-refractivity contribution is 6.30. The number of carbonyl (C=O) groups is 2. The molecule has 1 aliphatic rings. The highest BCUT2D eigenvalue weighted by Gasteiger charge is 2.20. The van der Waals surface area contributed by atoms with Crippen LogP contribution in [-0.2, 0) is 6.54 Å². The molecule has 1 saturated heterocycles. The summed E-state index contributed by atoms with van der Waals surface area (Å²) in [5.74, 6) is -0.141. The van der Waals surface area contributed by atoms with Gasteiger partial charge in [0.15, 0.2) is 0 Å². The molecular formula is C26H26ClN3O2. The zero-order chi connectivity index (χ0) is 22.3. The van der Waals surface area contributed by atoms with Gasteiger partial charge in [0.2, 0.25) is 0 Å². The van der Waals surface area contributed by atoms with Crippen LogP contribution in [0.15, 0.2) is 78.9 Å². The fourth-order valence-corrected chi connectivity index (χ4v) is 3.98. The molecule has 0 aliphatic carbocycles. The molecule has 5 nitrogen and oxygen atoms in total. The van der Waals surface area contributed by atoms with Crippen LogP contribution in [0.4, 0.5) is 5.69 Å². The van der Waals surface area contributed by atoms with Crippen LogP contribution in [0.5, 0.6) is 0 Å². The number of carbonyl (C=O) groups excluding carboxylic acids is 2. The van der Waals surface area contributed by atoms with Crippen molar-refractivity contribution in [2.45, 2.75) is 13.0 Å². The summed E-state index contributed by atoms with van der Waals surface area (Å²) in [6, 6.07) is 24.1. The summed E-state index contributed by atoms with van der Waals surface area (Å²) < 4.78 is 0. The largest absolute Gasteiger partial charge is 0.337 e. The van der Waals surface area contributed by atoms with Gasteiger partial charge in [-0.2, -0.15) is 0 Å². The number of anilines is 1. The Morgan fingerprint density at radius 1 is 0.781 bits per heavy atom. The molecule has 164 valence electrons. The standard InChI is InChI=1S/C26H26ClN3O2/c27-23-11-7-20(8-12-23)19-29-15-4-16-30(18-17-29)26(32)22-9-13-24(14-10-22)28-25(31)21-5-2-1-3-6-21/h1-3,5-14H,4,15-19H2,(H,28,31). The molecule has 32 heavy (non-hydrogen) atoms. The Bertz CT molecular complexity index is 1050. The monoisotopic (exact) mass is 447 g/mol. The van der Waals surface area contributed by atoms with Gasteiger partial charge in [-0.1, -0.05) is 41.9 Å². The van der Waals surface area contributed by atoms with Gasteiger partial charge in [-0.15, -0.1) is 0 Å². The van der Waals surface area contributed by atoms with Crippen LogP contribution >= 0.6 is 11.6 Å². The van der Waals surface area contributed by atoms with E-state index in [-0.39, 0.29) is 11.8 Å². The smallest absolute Gasteiger partial charge is 0.255 e. The third-order valence-corrected chi connectivity index (χ3v) is 5.87. The second-order valence-electron chi connectivity index (χ2n) is 7.95. The predicted octanol–water partition coefficient (Wildman–Crippen LogP) is 4.94. The van der Waals surface area contributed by atoms with Crippen LogP contribution in [0.3, 0.4) is 0 Å². The van der Waals surface area contributed by atoms with Crippen LogP contribution in [0.25, 0.3) is 0 Å². The molecule has 0 spiro atoms. The molecule has 0 aromatic heterocycles. The summed E-state index contributed by atoms with van der Waals surface area (Å²) in [5, 5.41) is 3.61. The molecule has 1 fully saturated rings. The zero-order valence-corrected chi connectivity index (χ0v) is 18.6. The topological polar surface area (TPSA) is 52.7 Å². The van der Waals surface area contributed by atoms with E-state index in [0.717, 1.165) is 37.6 Å². The van der Waals surface area contributed by atoms with Crippen LogP contribution in [-0.4, -0.2) is 47.8 Å². The molecular weight excluding hydrogens is 422 g/mol. The van der Waals surface area contributed by atoms with Crippen molar-refractivity contribution in [2.24, 2.45) is 0 Å². The van der Waals surface area contributed by atoms with E-state index in [1.807, 2.05) is 47.4 Å². The lowest BCUT2D eigenvalue weighted by Gasteiger charge is -2.22. The third kappa shape index (κ3) is 5.75. The summed E-state index contributed by atoms with van der Waals surface area (Å²) in [6.07, 6.45) is 0.935. The number of nitrogens with one attached hydrogen (secondary N) is 1. The lowest BCUT2D eigenvalue weighted by molar-refractivity contribution is 0.0761. The molecule has 3 aromatic carbocycles. The van der Waals surface area contributed by atoms with Crippen molar-refractivity contribution in [3.05, 3.63) is 101 Å². The summed E-state index contributed by atoms with van der Waals surface area (Å²) in [6.45, 7) is 4.08. The van der Waals surface area contributed by atoms with Crippen molar-refractivity contribution < 1.29 is 9.59 Å². The van der Waals surface area contributed by atoms with Gasteiger partial charge in [-0.05, 0) is 60.5 Å². The normalized spacial score (nSPS) is 14.6. The first-order valence-corrected chi connectivity index (χ1v) is 11.2. The number of benzene rings is 3. The van der Waals surface area contributed by atoms with Crippen molar-refractivity contribution in [3.8, 4) is 0 Å². The van der Waals surface area contributed by atoms with Crippen molar-refractivity contribution in [3.63, 3.8) is 0 Å². The first-order valence-electron chi connectivity index (χ1n) is 10.8. The fraction of sp³-hybridized carbons (Fsp3) is 0.231. The van der Waals surface area contributed by atoms with Crippen molar-refractivity contribution in [1.82, 2.24) is 9.80 Å². The van der Waals surface area contributed by atoms with E-state index >= 15 is 0 Å². The molecule has 0 radical (unpaired) electrons. The van der Waals surface area contributed by atoms with Crippen LogP contribution in [0, 0.1) is 0 Å². The number of hydrogen-bond acceptors (Lipinski definition) is 3. The minimum absolute atomic E-state index is 0.0271. The molecule has 0 atom stereocenters. The second-order valence-corrected chi connectivity index (χ2v) is 8.38. The number of nitrogens with zero attached hydrogens (tertiary/aromatic N) is 2. The maximum Gasteiger partial charge on any atom is 0.255 e. The average Bonchev–Trinajstić information content (AvgIpc) is 3.07. The molecule has 0 unspecified atom stereocenters. The number of rotatable bonds is 5. The first-order chi connectivity index (χ1) is 15.6. The van der Waals surface area contributed by atoms with E-state index in [1.54, 1.807) is 36.4 Å². The van der Waals surface area contributed by atoms with Gasteiger partial charge in [0, 0.05) is 54.6 Å². The van der Waals surface area contributed by atoms with E-state index in [9.17, 15) is 9.59 Å². The Morgan fingerprint density at radius 2 is 1.50 bits per heavy atom. The maximum absolute atomic E-state index is 13.0.